The zero-order valence-electron chi connectivity index (χ0n) is 12.0. The smallest absolute Gasteiger partial charge is 0.164 e. The molecule has 0 fully saturated rings. The van der Waals surface area contributed by atoms with Gasteiger partial charge in [-0.3, -0.25) is 0 Å². The van der Waals surface area contributed by atoms with Crippen LogP contribution in [0.3, 0.4) is 0 Å². The number of rotatable bonds is 5. The molecule has 0 radical (unpaired) electrons. The second-order valence-electron chi connectivity index (χ2n) is 4.10. The van der Waals surface area contributed by atoms with Crippen LogP contribution in [0.4, 0.5) is 0 Å². The van der Waals surface area contributed by atoms with Crippen LogP contribution in [-0.2, 0) is 0 Å². The van der Waals surface area contributed by atoms with Crippen molar-refractivity contribution in [3.05, 3.63) is 41.9 Å². The minimum Gasteiger partial charge on any atom is -0.496 e. The van der Waals surface area contributed by atoms with Crippen molar-refractivity contribution in [2.45, 2.75) is 0 Å². The Morgan fingerprint density at radius 3 is 2.29 bits per heavy atom. The van der Waals surface area contributed by atoms with E-state index in [2.05, 4.69) is 6.07 Å². The van der Waals surface area contributed by atoms with Gasteiger partial charge in [0.1, 0.15) is 17.6 Å². The number of nitriles is 1. The normalized spacial score (nSPS) is 10.9. The number of furan rings is 1. The van der Waals surface area contributed by atoms with E-state index in [1.165, 1.54) is 6.26 Å². The summed E-state index contributed by atoms with van der Waals surface area (Å²) >= 11 is 0. The highest BCUT2D eigenvalue weighted by Gasteiger charge is 2.12. The fourth-order valence-corrected chi connectivity index (χ4v) is 1.91. The molecule has 21 heavy (non-hydrogen) atoms. The zero-order valence-corrected chi connectivity index (χ0v) is 12.0. The molecule has 2 rings (SSSR count). The third kappa shape index (κ3) is 3.00. The molecule has 108 valence electrons. The highest BCUT2D eigenvalue weighted by atomic mass is 16.5. The van der Waals surface area contributed by atoms with E-state index in [0.29, 0.717) is 34.1 Å². The van der Waals surface area contributed by atoms with Crippen molar-refractivity contribution < 1.29 is 18.6 Å². The minimum atomic E-state index is 0.394. The molecule has 5 nitrogen and oxygen atoms in total. The number of ether oxygens (including phenoxy) is 3. The largest absolute Gasteiger partial charge is 0.496 e. The van der Waals surface area contributed by atoms with Crippen LogP contribution >= 0.6 is 0 Å². The molecule has 0 spiro atoms. The molecular weight excluding hydrogens is 270 g/mol. The molecule has 0 aliphatic carbocycles. The highest BCUT2D eigenvalue weighted by molar-refractivity contribution is 5.89. The van der Waals surface area contributed by atoms with Gasteiger partial charge in [-0.25, -0.2) is 0 Å². The van der Waals surface area contributed by atoms with Crippen LogP contribution in [0.15, 0.2) is 34.9 Å². The van der Waals surface area contributed by atoms with Gasteiger partial charge in [0.15, 0.2) is 11.5 Å². The Balaban J connectivity index is 2.55. The van der Waals surface area contributed by atoms with E-state index < -0.39 is 0 Å². The molecule has 1 aromatic heterocycles. The maximum Gasteiger partial charge on any atom is 0.164 e. The molecule has 1 heterocycles. The summed E-state index contributed by atoms with van der Waals surface area (Å²) < 4.78 is 21.1. The highest BCUT2D eigenvalue weighted by Crippen LogP contribution is 2.36. The van der Waals surface area contributed by atoms with Gasteiger partial charge in [0.05, 0.1) is 33.2 Å². The lowest BCUT2D eigenvalue weighted by Crippen LogP contribution is -1.94. The second-order valence-corrected chi connectivity index (χ2v) is 4.10. The van der Waals surface area contributed by atoms with Crippen molar-refractivity contribution >= 4 is 11.6 Å². The van der Waals surface area contributed by atoms with Gasteiger partial charge in [0.2, 0.25) is 0 Å². The molecule has 0 aliphatic heterocycles. The standard InChI is InChI=1S/C16H15NO4/c1-18-14-9-16(20-3)15(19-2)8-11(14)7-12(10-17)13-5-4-6-21-13/h4-9H,1-3H3. The van der Waals surface area contributed by atoms with Crippen molar-refractivity contribution in [1.82, 2.24) is 0 Å². The Bertz CT molecular complexity index is 681. The van der Waals surface area contributed by atoms with E-state index in [4.69, 9.17) is 18.6 Å². The summed E-state index contributed by atoms with van der Waals surface area (Å²) in [6.07, 6.45) is 3.20. The third-order valence-corrected chi connectivity index (χ3v) is 2.94. The SMILES string of the molecule is COc1cc(OC)c(OC)cc1C=C(C#N)c1ccco1. The van der Waals surface area contributed by atoms with Crippen LogP contribution in [0.25, 0.3) is 11.6 Å². The van der Waals surface area contributed by atoms with Crippen LogP contribution in [-0.4, -0.2) is 21.3 Å². The summed E-state index contributed by atoms with van der Waals surface area (Å²) in [5.74, 6) is 2.19. The van der Waals surface area contributed by atoms with Gasteiger partial charge in [-0.15, -0.1) is 0 Å². The van der Waals surface area contributed by atoms with Gasteiger partial charge < -0.3 is 18.6 Å². The quantitative estimate of drug-likeness (QED) is 0.788. The van der Waals surface area contributed by atoms with E-state index >= 15 is 0 Å². The molecule has 0 aliphatic rings. The first-order valence-corrected chi connectivity index (χ1v) is 6.19. The van der Waals surface area contributed by atoms with E-state index in [0.717, 1.165) is 0 Å². The van der Waals surface area contributed by atoms with Crippen LogP contribution in [0.2, 0.25) is 0 Å². The first-order chi connectivity index (χ1) is 10.2. The Morgan fingerprint density at radius 1 is 1.10 bits per heavy atom. The number of nitrogens with zero attached hydrogens (tertiary/aromatic N) is 1. The number of methoxy groups -OCH3 is 3. The molecule has 1 aromatic carbocycles. The van der Waals surface area contributed by atoms with Gasteiger partial charge >= 0.3 is 0 Å². The van der Waals surface area contributed by atoms with Gasteiger partial charge in [-0.1, -0.05) is 0 Å². The molecule has 0 amide bonds. The molecule has 0 unspecified atom stereocenters. The molecule has 5 heteroatoms. The maximum absolute atomic E-state index is 9.27. The predicted octanol–water partition coefficient (Wildman–Crippen LogP) is 3.37. The molecular formula is C16H15NO4. The number of hydrogen-bond acceptors (Lipinski definition) is 5. The lowest BCUT2D eigenvalue weighted by molar-refractivity contribution is 0.348. The molecule has 0 saturated heterocycles. The monoisotopic (exact) mass is 285 g/mol. The Labute approximate surface area is 123 Å². The van der Waals surface area contributed by atoms with E-state index in [1.54, 1.807) is 51.7 Å². The van der Waals surface area contributed by atoms with Crippen molar-refractivity contribution in [1.29, 1.82) is 5.26 Å². The summed E-state index contributed by atoms with van der Waals surface area (Å²) in [5.41, 5.74) is 1.09. The maximum atomic E-state index is 9.27. The van der Waals surface area contributed by atoms with E-state index in [9.17, 15) is 5.26 Å². The second kappa shape index (κ2) is 6.53. The summed E-state index contributed by atoms with van der Waals surface area (Å²) in [7, 11) is 4.66. The Hall–Kier alpha value is -2.87. The van der Waals surface area contributed by atoms with Gasteiger partial charge in [-0.2, -0.15) is 5.26 Å². The van der Waals surface area contributed by atoms with Crippen LogP contribution in [0.5, 0.6) is 17.2 Å². The van der Waals surface area contributed by atoms with Gasteiger partial charge in [0.25, 0.3) is 0 Å². The lowest BCUT2D eigenvalue weighted by atomic mass is 10.1. The summed E-state index contributed by atoms with van der Waals surface area (Å²) in [6.45, 7) is 0. The topological polar surface area (TPSA) is 64.6 Å². The minimum absolute atomic E-state index is 0.394. The third-order valence-electron chi connectivity index (χ3n) is 2.94. The van der Waals surface area contributed by atoms with Gasteiger partial charge in [-0.05, 0) is 24.3 Å². The number of hydrogen-bond donors (Lipinski definition) is 0. The molecule has 2 aromatic rings. The summed E-state index contributed by atoms with van der Waals surface area (Å²) in [6, 6.07) is 9.02. The van der Waals surface area contributed by atoms with Crippen molar-refractivity contribution in [3.8, 4) is 23.3 Å². The van der Waals surface area contributed by atoms with E-state index in [1.807, 2.05) is 0 Å². The molecule has 0 saturated carbocycles. The number of benzene rings is 1. The van der Waals surface area contributed by atoms with Crippen LogP contribution in [0, 0.1) is 11.3 Å². The average molecular weight is 285 g/mol. The van der Waals surface area contributed by atoms with Crippen LogP contribution in [0.1, 0.15) is 11.3 Å². The zero-order chi connectivity index (χ0) is 15.2. The van der Waals surface area contributed by atoms with Gasteiger partial charge in [0, 0.05) is 11.6 Å². The predicted molar refractivity (Wildman–Crippen MR) is 78.3 cm³/mol. The molecule has 0 atom stereocenters. The average Bonchev–Trinajstić information content (AvgIpc) is 3.05. The first kappa shape index (κ1) is 14.5. The van der Waals surface area contributed by atoms with Crippen molar-refractivity contribution in [2.24, 2.45) is 0 Å². The lowest BCUT2D eigenvalue weighted by Gasteiger charge is -2.12. The van der Waals surface area contributed by atoms with E-state index in [-0.39, 0.29) is 0 Å². The molecule has 0 N–H and O–H groups in total. The van der Waals surface area contributed by atoms with Crippen molar-refractivity contribution in [2.75, 3.05) is 21.3 Å². The molecule has 0 bridgehead atoms. The summed E-state index contributed by atoms with van der Waals surface area (Å²) in [5, 5.41) is 9.27. The Kier molecular flexibility index (Phi) is 4.52. The summed E-state index contributed by atoms with van der Waals surface area (Å²) in [4.78, 5) is 0. The fraction of sp³-hybridized carbons (Fsp3) is 0.188. The number of allylic oxidation sites excluding steroid dienone is 1. The Morgan fingerprint density at radius 2 is 1.76 bits per heavy atom. The fourth-order valence-electron chi connectivity index (χ4n) is 1.91. The van der Waals surface area contributed by atoms with Crippen LogP contribution < -0.4 is 14.2 Å². The first-order valence-electron chi connectivity index (χ1n) is 6.19. The van der Waals surface area contributed by atoms with Crippen molar-refractivity contribution in [3.63, 3.8) is 0 Å².